The number of fused-ring (bicyclic) bond motifs is 1. The zero-order chi connectivity index (χ0) is 12.4. The van der Waals surface area contributed by atoms with Gasteiger partial charge in [0.05, 0.1) is 17.6 Å². The second-order valence-corrected chi connectivity index (χ2v) is 4.27. The maximum atomic E-state index is 9.14. The van der Waals surface area contributed by atoms with Crippen molar-refractivity contribution in [2.45, 2.75) is 27.3 Å². The summed E-state index contributed by atoms with van der Waals surface area (Å²) < 4.78 is 2.03. The van der Waals surface area contributed by atoms with E-state index in [2.05, 4.69) is 36.3 Å². The molecule has 0 saturated carbocycles. The lowest BCUT2D eigenvalue weighted by Crippen LogP contribution is -2.09. The predicted molar refractivity (Wildman–Crippen MR) is 70.5 cm³/mol. The summed E-state index contributed by atoms with van der Waals surface area (Å²) in [5.41, 5.74) is 4.56. The highest BCUT2D eigenvalue weighted by Gasteiger charge is 2.10. The standard InChI is InChI=1S/C13H19N3O/c1-4-14-13-15-11-7-9(2)10(3)8-12(11)16(13)5-6-17/h7-8,17H,4-6H2,1-3H3,(H,14,15). The molecule has 0 amide bonds. The molecular weight excluding hydrogens is 214 g/mol. The van der Waals surface area contributed by atoms with Crippen LogP contribution < -0.4 is 5.32 Å². The van der Waals surface area contributed by atoms with Gasteiger partial charge in [-0.25, -0.2) is 4.98 Å². The van der Waals surface area contributed by atoms with Gasteiger partial charge < -0.3 is 15.0 Å². The number of aliphatic hydroxyl groups is 1. The number of hydrogen-bond acceptors (Lipinski definition) is 3. The van der Waals surface area contributed by atoms with E-state index in [1.165, 1.54) is 11.1 Å². The molecule has 0 aliphatic carbocycles. The van der Waals surface area contributed by atoms with Crippen LogP contribution in [0, 0.1) is 13.8 Å². The lowest BCUT2D eigenvalue weighted by atomic mass is 10.1. The number of hydrogen-bond donors (Lipinski definition) is 2. The van der Waals surface area contributed by atoms with Gasteiger partial charge in [0.2, 0.25) is 5.95 Å². The van der Waals surface area contributed by atoms with Gasteiger partial charge in [-0.2, -0.15) is 0 Å². The first-order valence-electron chi connectivity index (χ1n) is 5.99. The van der Waals surface area contributed by atoms with E-state index in [-0.39, 0.29) is 6.61 Å². The summed E-state index contributed by atoms with van der Waals surface area (Å²) in [6.07, 6.45) is 0. The third-order valence-corrected chi connectivity index (χ3v) is 3.02. The largest absolute Gasteiger partial charge is 0.395 e. The molecule has 0 fully saturated rings. The van der Waals surface area contributed by atoms with Crippen LogP contribution in [0.15, 0.2) is 12.1 Å². The van der Waals surface area contributed by atoms with Gasteiger partial charge in [-0.05, 0) is 44.0 Å². The Balaban J connectivity index is 2.62. The van der Waals surface area contributed by atoms with Crippen LogP contribution in [0.3, 0.4) is 0 Å². The van der Waals surface area contributed by atoms with Crippen LogP contribution in [0.5, 0.6) is 0 Å². The van der Waals surface area contributed by atoms with Crippen LogP contribution >= 0.6 is 0 Å². The molecular formula is C13H19N3O. The quantitative estimate of drug-likeness (QED) is 0.850. The highest BCUT2D eigenvalue weighted by Crippen LogP contribution is 2.23. The van der Waals surface area contributed by atoms with Crippen molar-refractivity contribution in [1.29, 1.82) is 0 Å². The number of rotatable bonds is 4. The monoisotopic (exact) mass is 233 g/mol. The molecule has 4 nitrogen and oxygen atoms in total. The predicted octanol–water partition coefficient (Wildman–Crippen LogP) is 2.08. The molecule has 0 bridgehead atoms. The maximum Gasteiger partial charge on any atom is 0.203 e. The van der Waals surface area contributed by atoms with Crippen molar-refractivity contribution in [3.63, 3.8) is 0 Å². The summed E-state index contributed by atoms with van der Waals surface area (Å²) in [4.78, 5) is 4.56. The Labute approximate surface area is 101 Å². The SMILES string of the molecule is CCNc1nc2cc(C)c(C)cc2n1CCO. The number of imidazole rings is 1. The fourth-order valence-electron chi connectivity index (χ4n) is 2.00. The molecule has 1 aromatic carbocycles. The van der Waals surface area contributed by atoms with Gasteiger partial charge in [0, 0.05) is 13.1 Å². The van der Waals surface area contributed by atoms with Crippen molar-refractivity contribution in [3.8, 4) is 0 Å². The van der Waals surface area contributed by atoms with E-state index < -0.39 is 0 Å². The number of aromatic nitrogens is 2. The van der Waals surface area contributed by atoms with E-state index in [0.29, 0.717) is 6.54 Å². The molecule has 2 aromatic rings. The zero-order valence-corrected chi connectivity index (χ0v) is 10.6. The van der Waals surface area contributed by atoms with Gasteiger partial charge in [0.15, 0.2) is 0 Å². The molecule has 1 heterocycles. The summed E-state index contributed by atoms with van der Waals surface area (Å²) in [5, 5.41) is 12.4. The molecule has 0 atom stereocenters. The number of anilines is 1. The van der Waals surface area contributed by atoms with Crippen LogP contribution in [0.25, 0.3) is 11.0 Å². The molecule has 0 radical (unpaired) electrons. The maximum absolute atomic E-state index is 9.14. The molecule has 0 unspecified atom stereocenters. The fourth-order valence-corrected chi connectivity index (χ4v) is 2.00. The first kappa shape index (κ1) is 11.9. The van der Waals surface area contributed by atoms with Crippen LogP contribution in [0.4, 0.5) is 5.95 Å². The molecule has 0 spiro atoms. The molecule has 0 aliphatic rings. The third kappa shape index (κ3) is 2.13. The van der Waals surface area contributed by atoms with Gasteiger partial charge in [-0.3, -0.25) is 0 Å². The summed E-state index contributed by atoms with van der Waals surface area (Å²) in [5.74, 6) is 0.835. The smallest absolute Gasteiger partial charge is 0.203 e. The van der Waals surface area contributed by atoms with Crippen molar-refractivity contribution < 1.29 is 5.11 Å². The van der Waals surface area contributed by atoms with Gasteiger partial charge in [-0.1, -0.05) is 0 Å². The summed E-state index contributed by atoms with van der Waals surface area (Å²) in [7, 11) is 0. The summed E-state index contributed by atoms with van der Waals surface area (Å²) in [6, 6.07) is 4.23. The highest BCUT2D eigenvalue weighted by atomic mass is 16.3. The van der Waals surface area contributed by atoms with Crippen molar-refractivity contribution in [1.82, 2.24) is 9.55 Å². The molecule has 17 heavy (non-hydrogen) atoms. The normalized spacial score (nSPS) is 11.1. The molecule has 2 N–H and O–H groups in total. The van der Waals surface area contributed by atoms with Crippen LogP contribution in [0.1, 0.15) is 18.1 Å². The average Bonchev–Trinajstić information content (AvgIpc) is 2.59. The second kappa shape index (κ2) is 4.75. The van der Waals surface area contributed by atoms with Crippen LogP contribution in [-0.4, -0.2) is 27.8 Å². The van der Waals surface area contributed by atoms with Gasteiger partial charge >= 0.3 is 0 Å². The number of aryl methyl sites for hydroxylation is 2. The molecule has 92 valence electrons. The van der Waals surface area contributed by atoms with Crippen LogP contribution in [-0.2, 0) is 6.54 Å². The van der Waals surface area contributed by atoms with E-state index in [4.69, 9.17) is 5.11 Å². The Morgan fingerprint density at radius 1 is 1.29 bits per heavy atom. The number of benzene rings is 1. The third-order valence-electron chi connectivity index (χ3n) is 3.02. The Bertz CT molecular complexity index is 531. The number of nitrogens with zero attached hydrogens (tertiary/aromatic N) is 2. The molecule has 2 rings (SSSR count). The number of aliphatic hydroxyl groups excluding tert-OH is 1. The first-order valence-corrected chi connectivity index (χ1v) is 5.99. The minimum Gasteiger partial charge on any atom is -0.395 e. The molecule has 4 heteroatoms. The van der Waals surface area contributed by atoms with Crippen molar-refractivity contribution in [3.05, 3.63) is 23.3 Å². The Morgan fingerprint density at radius 3 is 2.65 bits per heavy atom. The Morgan fingerprint density at radius 2 is 2.00 bits per heavy atom. The minimum absolute atomic E-state index is 0.122. The summed E-state index contributed by atoms with van der Waals surface area (Å²) >= 11 is 0. The minimum atomic E-state index is 0.122. The van der Waals surface area contributed by atoms with E-state index in [1.54, 1.807) is 0 Å². The molecule has 0 aliphatic heterocycles. The van der Waals surface area contributed by atoms with Gasteiger partial charge in [0.1, 0.15) is 0 Å². The zero-order valence-electron chi connectivity index (χ0n) is 10.6. The lowest BCUT2D eigenvalue weighted by Gasteiger charge is -2.08. The topological polar surface area (TPSA) is 50.1 Å². The fraction of sp³-hybridized carbons (Fsp3) is 0.462. The van der Waals surface area contributed by atoms with E-state index >= 15 is 0 Å². The van der Waals surface area contributed by atoms with E-state index in [1.807, 2.05) is 11.5 Å². The van der Waals surface area contributed by atoms with E-state index in [9.17, 15) is 0 Å². The number of nitrogens with one attached hydrogen (secondary N) is 1. The van der Waals surface area contributed by atoms with Crippen LogP contribution in [0.2, 0.25) is 0 Å². The second-order valence-electron chi connectivity index (χ2n) is 4.27. The van der Waals surface area contributed by atoms with Crippen molar-refractivity contribution >= 4 is 17.0 Å². The molecule has 0 saturated heterocycles. The lowest BCUT2D eigenvalue weighted by molar-refractivity contribution is 0.278. The first-order chi connectivity index (χ1) is 8.17. The van der Waals surface area contributed by atoms with Gasteiger partial charge in [0.25, 0.3) is 0 Å². The van der Waals surface area contributed by atoms with E-state index in [0.717, 1.165) is 23.5 Å². The average molecular weight is 233 g/mol. The summed E-state index contributed by atoms with van der Waals surface area (Å²) in [6.45, 7) is 7.74. The van der Waals surface area contributed by atoms with Crippen molar-refractivity contribution in [2.24, 2.45) is 0 Å². The molecule has 1 aromatic heterocycles. The Kier molecular flexibility index (Phi) is 3.33. The Hall–Kier alpha value is -1.55. The van der Waals surface area contributed by atoms with Crippen molar-refractivity contribution in [2.75, 3.05) is 18.5 Å². The highest BCUT2D eigenvalue weighted by molar-refractivity contribution is 5.80. The van der Waals surface area contributed by atoms with Gasteiger partial charge in [-0.15, -0.1) is 0 Å².